The van der Waals surface area contributed by atoms with Crippen LogP contribution in [-0.4, -0.2) is 18.6 Å². The van der Waals surface area contributed by atoms with Crippen molar-refractivity contribution in [3.8, 4) is 6.07 Å². The van der Waals surface area contributed by atoms with Crippen molar-refractivity contribution in [1.29, 1.82) is 5.26 Å². The van der Waals surface area contributed by atoms with E-state index in [1.165, 1.54) is 0 Å². The monoisotopic (exact) mass is 232 g/mol. The fourth-order valence-corrected chi connectivity index (χ4v) is 1.39. The summed E-state index contributed by atoms with van der Waals surface area (Å²) in [4.78, 5) is 11.2. The van der Waals surface area contributed by atoms with Crippen LogP contribution >= 0.6 is 0 Å². The summed E-state index contributed by atoms with van der Waals surface area (Å²) in [6.45, 7) is 2.66. The number of nitrogens with one attached hydrogen (secondary N) is 1. The number of carbonyl (C=O) groups excluding carboxylic acids is 1. The summed E-state index contributed by atoms with van der Waals surface area (Å²) in [5.41, 5.74) is 1.08. The Morgan fingerprint density at radius 3 is 2.76 bits per heavy atom. The Labute approximate surface area is 101 Å². The molecule has 1 aromatic rings. The SMILES string of the molecule is CCOC(=O)CC(C#N)NCc1ccccc1. The van der Waals surface area contributed by atoms with Crippen molar-refractivity contribution in [1.82, 2.24) is 5.32 Å². The molecular formula is C13H16N2O2. The molecule has 0 aliphatic rings. The van der Waals surface area contributed by atoms with E-state index in [0.717, 1.165) is 5.56 Å². The van der Waals surface area contributed by atoms with Crippen LogP contribution in [0.2, 0.25) is 0 Å². The van der Waals surface area contributed by atoms with Gasteiger partial charge in [0.15, 0.2) is 0 Å². The van der Waals surface area contributed by atoms with E-state index in [9.17, 15) is 4.79 Å². The lowest BCUT2D eigenvalue weighted by Crippen LogP contribution is -2.30. The maximum Gasteiger partial charge on any atom is 0.308 e. The second-order valence-electron chi connectivity index (χ2n) is 3.56. The largest absolute Gasteiger partial charge is 0.466 e. The normalized spacial score (nSPS) is 11.5. The van der Waals surface area contributed by atoms with Crippen molar-refractivity contribution in [2.24, 2.45) is 0 Å². The summed E-state index contributed by atoms with van der Waals surface area (Å²) in [6, 6.07) is 11.3. The number of esters is 1. The predicted octanol–water partition coefficient (Wildman–Crippen LogP) is 1.62. The number of benzene rings is 1. The van der Waals surface area contributed by atoms with Gasteiger partial charge in [-0.25, -0.2) is 0 Å². The molecule has 1 N–H and O–H groups in total. The van der Waals surface area contributed by atoms with E-state index < -0.39 is 6.04 Å². The fraction of sp³-hybridized carbons (Fsp3) is 0.385. The van der Waals surface area contributed by atoms with Crippen LogP contribution in [0.3, 0.4) is 0 Å². The van der Waals surface area contributed by atoms with Crippen LogP contribution < -0.4 is 5.32 Å². The van der Waals surface area contributed by atoms with Crippen LogP contribution in [0, 0.1) is 11.3 Å². The van der Waals surface area contributed by atoms with E-state index in [4.69, 9.17) is 10.00 Å². The van der Waals surface area contributed by atoms with E-state index in [1.54, 1.807) is 6.92 Å². The van der Waals surface area contributed by atoms with Crippen LogP contribution in [0.4, 0.5) is 0 Å². The molecule has 0 aliphatic heterocycles. The lowest BCUT2D eigenvalue weighted by molar-refractivity contribution is -0.143. The molecule has 0 amide bonds. The molecule has 0 fully saturated rings. The first-order chi connectivity index (χ1) is 8.26. The Kier molecular flexibility index (Phi) is 5.76. The molecule has 4 nitrogen and oxygen atoms in total. The molecule has 0 saturated heterocycles. The molecule has 0 heterocycles. The van der Waals surface area contributed by atoms with Gasteiger partial charge in [-0.3, -0.25) is 10.1 Å². The van der Waals surface area contributed by atoms with Crippen LogP contribution in [0.15, 0.2) is 30.3 Å². The third-order valence-electron chi connectivity index (χ3n) is 2.23. The minimum Gasteiger partial charge on any atom is -0.466 e. The number of rotatable bonds is 6. The second-order valence-corrected chi connectivity index (χ2v) is 3.56. The van der Waals surface area contributed by atoms with Crippen molar-refractivity contribution in [2.45, 2.75) is 25.9 Å². The van der Waals surface area contributed by atoms with E-state index in [2.05, 4.69) is 5.32 Å². The van der Waals surface area contributed by atoms with Gasteiger partial charge >= 0.3 is 5.97 Å². The van der Waals surface area contributed by atoms with Crippen molar-refractivity contribution >= 4 is 5.97 Å². The minimum atomic E-state index is -0.505. The Morgan fingerprint density at radius 1 is 1.47 bits per heavy atom. The summed E-state index contributed by atoms with van der Waals surface area (Å²) in [6.07, 6.45) is 0.0805. The zero-order valence-electron chi connectivity index (χ0n) is 9.85. The zero-order chi connectivity index (χ0) is 12.5. The standard InChI is InChI=1S/C13H16N2O2/c1-2-17-13(16)8-12(9-14)15-10-11-6-4-3-5-7-11/h3-7,12,15H,2,8,10H2,1H3. The number of carbonyl (C=O) groups is 1. The minimum absolute atomic E-state index is 0.0805. The highest BCUT2D eigenvalue weighted by Crippen LogP contribution is 2.00. The van der Waals surface area contributed by atoms with Gasteiger partial charge in [0.05, 0.1) is 19.1 Å². The van der Waals surface area contributed by atoms with Crippen molar-refractivity contribution < 1.29 is 9.53 Å². The number of hydrogen-bond donors (Lipinski definition) is 1. The maximum atomic E-state index is 11.2. The molecule has 90 valence electrons. The Balaban J connectivity index is 2.38. The van der Waals surface area contributed by atoms with Crippen molar-refractivity contribution in [3.05, 3.63) is 35.9 Å². The predicted molar refractivity (Wildman–Crippen MR) is 63.9 cm³/mol. The van der Waals surface area contributed by atoms with Crippen LogP contribution in [-0.2, 0) is 16.1 Å². The van der Waals surface area contributed by atoms with Crippen LogP contribution in [0.1, 0.15) is 18.9 Å². The van der Waals surface area contributed by atoms with Gasteiger partial charge in [-0.2, -0.15) is 5.26 Å². The molecule has 1 atom stereocenters. The third kappa shape index (κ3) is 5.14. The van der Waals surface area contributed by atoms with Gasteiger partial charge in [-0.05, 0) is 12.5 Å². The summed E-state index contributed by atoms with van der Waals surface area (Å²) in [7, 11) is 0. The highest BCUT2D eigenvalue weighted by molar-refractivity contribution is 5.70. The molecule has 0 radical (unpaired) electrons. The number of ether oxygens (including phenoxy) is 1. The van der Waals surface area contributed by atoms with Gasteiger partial charge in [0.2, 0.25) is 0 Å². The molecule has 0 bridgehead atoms. The Hall–Kier alpha value is -1.86. The summed E-state index contributed by atoms with van der Waals surface area (Å²) >= 11 is 0. The lowest BCUT2D eigenvalue weighted by atomic mass is 10.2. The smallest absolute Gasteiger partial charge is 0.308 e. The second kappa shape index (κ2) is 7.42. The Bertz CT molecular complexity index is 384. The molecule has 1 aromatic carbocycles. The molecule has 0 spiro atoms. The number of hydrogen-bond acceptors (Lipinski definition) is 4. The van der Waals surface area contributed by atoms with Crippen LogP contribution in [0.5, 0.6) is 0 Å². The van der Waals surface area contributed by atoms with E-state index in [-0.39, 0.29) is 12.4 Å². The molecule has 1 unspecified atom stereocenters. The summed E-state index contributed by atoms with van der Waals surface area (Å²) in [5.74, 6) is -0.348. The van der Waals surface area contributed by atoms with Gasteiger partial charge in [-0.15, -0.1) is 0 Å². The van der Waals surface area contributed by atoms with Crippen LogP contribution in [0.25, 0.3) is 0 Å². The molecule has 0 aromatic heterocycles. The van der Waals surface area contributed by atoms with Gasteiger partial charge in [0.25, 0.3) is 0 Å². The molecule has 17 heavy (non-hydrogen) atoms. The molecule has 0 saturated carbocycles. The third-order valence-corrected chi connectivity index (χ3v) is 2.23. The average molecular weight is 232 g/mol. The van der Waals surface area contributed by atoms with Gasteiger partial charge in [0, 0.05) is 6.54 Å². The van der Waals surface area contributed by atoms with E-state index >= 15 is 0 Å². The van der Waals surface area contributed by atoms with Crippen molar-refractivity contribution in [3.63, 3.8) is 0 Å². The van der Waals surface area contributed by atoms with Gasteiger partial charge < -0.3 is 4.74 Å². The Morgan fingerprint density at radius 2 is 2.18 bits per heavy atom. The van der Waals surface area contributed by atoms with E-state index in [1.807, 2.05) is 36.4 Å². The number of nitrogens with zero attached hydrogens (tertiary/aromatic N) is 1. The summed E-state index contributed by atoms with van der Waals surface area (Å²) in [5, 5.41) is 11.9. The first kappa shape index (κ1) is 13.2. The lowest BCUT2D eigenvalue weighted by Gasteiger charge is -2.10. The summed E-state index contributed by atoms with van der Waals surface area (Å²) < 4.78 is 4.80. The first-order valence-electron chi connectivity index (χ1n) is 5.58. The first-order valence-corrected chi connectivity index (χ1v) is 5.58. The molecule has 0 aliphatic carbocycles. The van der Waals surface area contributed by atoms with Crippen molar-refractivity contribution in [2.75, 3.05) is 6.61 Å². The number of nitriles is 1. The highest BCUT2D eigenvalue weighted by Gasteiger charge is 2.13. The topological polar surface area (TPSA) is 62.1 Å². The average Bonchev–Trinajstić information content (AvgIpc) is 2.36. The quantitative estimate of drug-likeness (QED) is 0.757. The highest BCUT2D eigenvalue weighted by atomic mass is 16.5. The molecule has 4 heteroatoms. The van der Waals surface area contributed by atoms with Gasteiger partial charge in [-0.1, -0.05) is 30.3 Å². The maximum absolute atomic E-state index is 11.2. The zero-order valence-corrected chi connectivity index (χ0v) is 9.85. The fourth-order valence-electron chi connectivity index (χ4n) is 1.39. The molecule has 1 rings (SSSR count). The molecular weight excluding hydrogens is 216 g/mol. The van der Waals surface area contributed by atoms with E-state index in [0.29, 0.717) is 13.2 Å². The van der Waals surface area contributed by atoms with Gasteiger partial charge in [0.1, 0.15) is 6.04 Å².